The molecule has 2 saturated heterocycles. The van der Waals surface area contributed by atoms with Crippen molar-refractivity contribution in [3.8, 4) is 0 Å². The number of piperidine rings is 2. The number of amides is 1. The number of H-pyrrole nitrogens is 1. The van der Waals surface area contributed by atoms with Gasteiger partial charge in [0, 0.05) is 55.7 Å². The van der Waals surface area contributed by atoms with Crippen molar-refractivity contribution in [1.82, 2.24) is 20.0 Å². The lowest BCUT2D eigenvalue weighted by Gasteiger charge is -2.48. The minimum Gasteiger partial charge on any atom is -0.396 e. The van der Waals surface area contributed by atoms with Crippen molar-refractivity contribution in [1.29, 1.82) is 0 Å². The minimum absolute atomic E-state index is 0.0643. The van der Waals surface area contributed by atoms with Gasteiger partial charge in [-0.1, -0.05) is 20.8 Å². The Hall–Kier alpha value is -1.40. The zero-order valence-electron chi connectivity index (χ0n) is 16.6. The Morgan fingerprint density at radius 2 is 2.12 bits per heavy atom. The van der Waals surface area contributed by atoms with Crippen LogP contribution in [0.1, 0.15) is 64.3 Å². The molecule has 3 heterocycles. The van der Waals surface area contributed by atoms with Gasteiger partial charge in [-0.05, 0) is 38.3 Å². The summed E-state index contributed by atoms with van der Waals surface area (Å²) in [5.41, 5.74) is 2.57. The van der Waals surface area contributed by atoms with Gasteiger partial charge in [-0.25, -0.2) is 0 Å². The summed E-state index contributed by atoms with van der Waals surface area (Å²) in [6.07, 6.45) is 4.70. The van der Waals surface area contributed by atoms with Gasteiger partial charge >= 0.3 is 0 Å². The van der Waals surface area contributed by atoms with Crippen molar-refractivity contribution in [3.63, 3.8) is 0 Å². The lowest BCUT2D eigenvalue weighted by Crippen LogP contribution is -2.54. The van der Waals surface area contributed by atoms with E-state index in [1.165, 1.54) is 18.5 Å². The topological polar surface area (TPSA) is 72.5 Å². The van der Waals surface area contributed by atoms with E-state index in [4.69, 9.17) is 5.11 Å². The van der Waals surface area contributed by atoms with E-state index in [0.717, 1.165) is 38.3 Å². The number of aromatic amines is 1. The molecule has 2 N–H and O–H groups in total. The number of carbonyl (C=O) groups is 1. The molecule has 1 spiro atoms. The first kappa shape index (κ1) is 19.4. The quantitative estimate of drug-likeness (QED) is 0.843. The number of aliphatic hydroxyl groups is 1. The van der Waals surface area contributed by atoms with E-state index < -0.39 is 0 Å². The average Bonchev–Trinajstić information content (AvgIpc) is 3.05. The highest BCUT2D eigenvalue weighted by atomic mass is 16.3. The smallest absolute Gasteiger partial charge is 0.222 e. The third-order valence-corrected chi connectivity index (χ3v) is 5.87. The summed E-state index contributed by atoms with van der Waals surface area (Å²) in [6, 6.07) is 2.19. The Balaban J connectivity index is 1.63. The van der Waals surface area contributed by atoms with Gasteiger partial charge in [-0.2, -0.15) is 5.10 Å². The second-order valence-electron chi connectivity index (χ2n) is 9.24. The molecule has 146 valence electrons. The molecule has 0 radical (unpaired) electrons. The molecule has 6 nitrogen and oxygen atoms in total. The maximum atomic E-state index is 12.2. The molecule has 1 atom stereocenters. The van der Waals surface area contributed by atoms with E-state index in [0.29, 0.717) is 19.4 Å². The van der Waals surface area contributed by atoms with Crippen molar-refractivity contribution in [2.75, 3.05) is 32.8 Å². The zero-order chi connectivity index (χ0) is 18.8. The Morgan fingerprint density at radius 3 is 2.81 bits per heavy atom. The number of nitrogens with zero attached hydrogens (tertiary/aromatic N) is 3. The molecule has 2 fully saturated rings. The number of likely N-dealkylation sites (tertiary alicyclic amines) is 2. The van der Waals surface area contributed by atoms with Gasteiger partial charge in [0.1, 0.15) is 0 Å². The average molecular weight is 363 g/mol. The standard InChI is InChI=1S/C20H34N4O2/c1-19(2,3)17-12-16(21-22-17)13-23-9-4-7-20(14-23)8-6-18(26)24(15-20)10-5-11-25/h12,25H,4-11,13-15H2,1-3H3,(H,21,22)/t20-/m1/s1. The molecule has 1 amide bonds. The third-order valence-electron chi connectivity index (χ3n) is 5.87. The number of nitrogens with one attached hydrogen (secondary N) is 1. The fourth-order valence-corrected chi connectivity index (χ4v) is 4.41. The van der Waals surface area contributed by atoms with Crippen LogP contribution in [0.25, 0.3) is 0 Å². The summed E-state index contributed by atoms with van der Waals surface area (Å²) in [6.45, 7) is 11.3. The number of aromatic nitrogens is 2. The molecule has 1 aromatic heterocycles. The molecule has 26 heavy (non-hydrogen) atoms. The first-order chi connectivity index (χ1) is 12.3. The predicted octanol–water partition coefficient (Wildman–Crippen LogP) is 2.29. The fraction of sp³-hybridized carbons (Fsp3) is 0.800. The van der Waals surface area contributed by atoms with Gasteiger partial charge in [-0.15, -0.1) is 0 Å². The number of carbonyl (C=O) groups excluding carboxylic acids is 1. The Morgan fingerprint density at radius 1 is 1.31 bits per heavy atom. The highest BCUT2D eigenvalue weighted by Crippen LogP contribution is 2.39. The van der Waals surface area contributed by atoms with Crippen molar-refractivity contribution in [3.05, 3.63) is 17.5 Å². The normalized spacial score (nSPS) is 25.2. The van der Waals surface area contributed by atoms with Crippen LogP contribution < -0.4 is 0 Å². The van der Waals surface area contributed by atoms with Crippen molar-refractivity contribution < 1.29 is 9.90 Å². The van der Waals surface area contributed by atoms with Gasteiger partial charge in [0.05, 0.1) is 5.69 Å². The van der Waals surface area contributed by atoms with Crippen LogP contribution in [0.15, 0.2) is 6.07 Å². The van der Waals surface area contributed by atoms with Crippen LogP contribution in [-0.2, 0) is 16.8 Å². The number of aliphatic hydroxyl groups excluding tert-OH is 1. The van der Waals surface area contributed by atoms with E-state index in [9.17, 15) is 4.79 Å². The van der Waals surface area contributed by atoms with Crippen molar-refractivity contribution >= 4 is 5.91 Å². The summed E-state index contributed by atoms with van der Waals surface area (Å²) in [4.78, 5) is 16.7. The fourth-order valence-electron chi connectivity index (χ4n) is 4.41. The number of rotatable bonds is 5. The van der Waals surface area contributed by atoms with Crippen molar-refractivity contribution in [2.24, 2.45) is 5.41 Å². The first-order valence-corrected chi connectivity index (χ1v) is 9.97. The summed E-state index contributed by atoms with van der Waals surface area (Å²) in [5, 5.41) is 16.8. The maximum Gasteiger partial charge on any atom is 0.222 e. The van der Waals surface area contributed by atoms with Gasteiger partial charge in [0.2, 0.25) is 5.91 Å². The van der Waals surface area contributed by atoms with E-state index in [2.05, 4.69) is 41.9 Å². The van der Waals surface area contributed by atoms with Crippen LogP contribution >= 0.6 is 0 Å². The van der Waals surface area contributed by atoms with Crippen LogP contribution in [0.3, 0.4) is 0 Å². The van der Waals surface area contributed by atoms with E-state index >= 15 is 0 Å². The number of hydrogen-bond donors (Lipinski definition) is 2. The second-order valence-corrected chi connectivity index (χ2v) is 9.24. The molecule has 0 saturated carbocycles. The number of hydrogen-bond acceptors (Lipinski definition) is 4. The predicted molar refractivity (Wildman–Crippen MR) is 102 cm³/mol. The van der Waals surface area contributed by atoms with E-state index in [1.807, 2.05) is 4.90 Å². The van der Waals surface area contributed by atoms with E-state index in [-0.39, 0.29) is 23.3 Å². The molecule has 1 aromatic rings. The second kappa shape index (κ2) is 7.69. The molecule has 0 aliphatic carbocycles. The van der Waals surface area contributed by atoms with Crippen LogP contribution in [0, 0.1) is 5.41 Å². The molecule has 0 bridgehead atoms. The molecular weight excluding hydrogens is 328 g/mol. The van der Waals surface area contributed by atoms with Crippen LogP contribution in [0.4, 0.5) is 0 Å². The lowest BCUT2D eigenvalue weighted by atomic mass is 9.73. The zero-order valence-corrected chi connectivity index (χ0v) is 16.6. The van der Waals surface area contributed by atoms with Gasteiger partial charge < -0.3 is 10.0 Å². The molecule has 2 aliphatic heterocycles. The van der Waals surface area contributed by atoms with E-state index in [1.54, 1.807) is 0 Å². The highest BCUT2D eigenvalue weighted by molar-refractivity contribution is 5.77. The molecule has 0 aromatic carbocycles. The monoisotopic (exact) mass is 362 g/mol. The Kier molecular flexibility index (Phi) is 5.72. The van der Waals surface area contributed by atoms with Gasteiger partial charge in [-0.3, -0.25) is 14.8 Å². The maximum absolute atomic E-state index is 12.2. The summed E-state index contributed by atoms with van der Waals surface area (Å²) < 4.78 is 0. The summed E-state index contributed by atoms with van der Waals surface area (Å²) in [7, 11) is 0. The third kappa shape index (κ3) is 4.46. The molecule has 3 rings (SSSR count). The van der Waals surface area contributed by atoms with Gasteiger partial charge in [0.25, 0.3) is 0 Å². The largest absolute Gasteiger partial charge is 0.396 e. The van der Waals surface area contributed by atoms with Crippen molar-refractivity contribution in [2.45, 2.75) is 64.8 Å². The highest BCUT2D eigenvalue weighted by Gasteiger charge is 2.41. The lowest BCUT2D eigenvalue weighted by molar-refractivity contribution is -0.139. The van der Waals surface area contributed by atoms with Crippen LogP contribution in [-0.4, -0.2) is 63.8 Å². The molecule has 2 aliphatic rings. The van der Waals surface area contributed by atoms with Gasteiger partial charge in [0.15, 0.2) is 0 Å². The molecular formula is C20H34N4O2. The molecule has 0 unspecified atom stereocenters. The Labute approximate surface area is 156 Å². The van der Waals surface area contributed by atoms with Crippen LogP contribution in [0.5, 0.6) is 0 Å². The first-order valence-electron chi connectivity index (χ1n) is 9.97. The summed E-state index contributed by atoms with van der Waals surface area (Å²) in [5.74, 6) is 0.254. The van der Waals surface area contributed by atoms with Crippen LogP contribution in [0.2, 0.25) is 0 Å². The molecule has 6 heteroatoms. The SMILES string of the molecule is CC(C)(C)c1cc(CN2CCC[C@@]3(CCC(=O)N(CCCO)C3)C2)[nH]n1. The minimum atomic E-state index is 0.0643. The summed E-state index contributed by atoms with van der Waals surface area (Å²) >= 11 is 0. The Bertz CT molecular complexity index is 622.